The number of aliphatic carboxylic acids is 1. The predicted octanol–water partition coefficient (Wildman–Crippen LogP) is 2.45. The van der Waals surface area contributed by atoms with Crippen LogP contribution in [0.1, 0.15) is 18.9 Å². The number of likely N-dealkylation sites (tertiary alicyclic amines) is 1. The quantitative estimate of drug-likeness (QED) is 0.928. The second kappa shape index (κ2) is 6.27. The molecule has 2 rings (SSSR count). The first-order chi connectivity index (χ1) is 9.47. The Balaban J connectivity index is 1.87. The molecule has 5 heteroatoms. The molecule has 20 heavy (non-hydrogen) atoms. The SMILES string of the molecule is C[C@@H]1CN(C(=O)CCc2ccc(Cl)cc2)C[C@H]1C(=O)O. The molecule has 0 aliphatic carbocycles. The van der Waals surface area contributed by atoms with E-state index in [0.29, 0.717) is 31.0 Å². The molecule has 0 spiro atoms. The van der Waals surface area contributed by atoms with E-state index in [4.69, 9.17) is 16.7 Å². The molecule has 1 fully saturated rings. The number of rotatable bonds is 4. The second-order valence-electron chi connectivity index (χ2n) is 5.35. The molecule has 0 aromatic heterocycles. The van der Waals surface area contributed by atoms with E-state index in [1.165, 1.54) is 0 Å². The van der Waals surface area contributed by atoms with E-state index in [1.54, 1.807) is 17.0 Å². The van der Waals surface area contributed by atoms with Crippen molar-refractivity contribution in [3.63, 3.8) is 0 Å². The van der Waals surface area contributed by atoms with Crippen LogP contribution in [0.2, 0.25) is 5.02 Å². The van der Waals surface area contributed by atoms with Crippen LogP contribution >= 0.6 is 11.6 Å². The Morgan fingerprint density at radius 2 is 1.95 bits per heavy atom. The van der Waals surface area contributed by atoms with Crippen LogP contribution in [-0.2, 0) is 16.0 Å². The highest BCUT2D eigenvalue weighted by atomic mass is 35.5. The van der Waals surface area contributed by atoms with Gasteiger partial charge in [-0.25, -0.2) is 0 Å². The van der Waals surface area contributed by atoms with Crippen molar-refractivity contribution in [3.05, 3.63) is 34.9 Å². The fraction of sp³-hybridized carbons (Fsp3) is 0.467. The van der Waals surface area contributed by atoms with Crippen LogP contribution in [0.3, 0.4) is 0 Å². The number of carbonyl (C=O) groups is 2. The Bertz CT molecular complexity index is 500. The van der Waals surface area contributed by atoms with Gasteiger partial charge in [-0.1, -0.05) is 30.7 Å². The minimum Gasteiger partial charge on any atom is -0.481 e. The first-order valence-corrected chi connectivity index (χ1v) is 7.10. The van der Waals surface area contributed by atoms with Gasteiger partial charge in [0, 0.05) is 24.5 Å². The van der Waals surface area contributed by atoms with E-state index in [-0.39, 0.29) is 11.8 Å². The van der Waals surface area contributed by atoms with Crippen LogP contribution in [0.25, 0.3) is 0 Å². The van der Waals surface area contributed by atoms with Crippen molar-refractivity contribution < 1.29 is 14.7 Å². The zero-order chi connectivity index (χ0) is 14.7. The third kappa shape index (κ3) is 3.51. The first-order valence-electron chi connectivity index (χ1n) is 6.72. The Morgan fingerprint density at radius 1 is 1.30 bits per heavy atom. The third-order valence-corrected chi connectivity index (χ3v) is 4.08. The number of benzene rings is 1. The molecule has 0 radical (unpaired) electrons. The van der Waals surface area contributed by atoms with Gasteiger partial charge in [-0.05, 0) is 30.0 Å². The molecule has 0 bridgehead atoms. The molecule has 1 aromatic carbocycles. The van der Waals surface area contributed by atoms with Crippen LogP contribution in [-0.4, -0.2) is 35.0 Å². The summed E-state index contributed by atoms with van der Waals surface area (Å²) in [5, 5.41) is 9.75. The fourth-order valence-corrected chi connectivity index (χ4v) is 2.68. The minimum atomic E-state index is -0.814. The van der Waals surface area contributed by atoms with Crippen molar-refractivity contribution in [3.8, 4) is 0 Å². The molecule has 0 saturated carbocycles. The molecule has 4 nitrogen and oxygen atoms in total. The van der Waals surface area contributed by atoms with Gasteiger partial charge in [0.2, 0.25) is 5.91 Å². The van der Waals surface area contributed by atoms with Crippen LogP contribution < -0.4 is 0 Å². The molecule has 1 saturated heterocycles. The summed E-state index contributed by atoms with van der Waals surface area (Å²) in [6.45, 7) is 2.75. The van der Waals surface area contributed by atoms with Gasteiger partial charge in [-0.2, -0.15) is 0 Å². The summed E-state index contributed by atoms with van der Waals surface area (Å²) in [5.74, 6) is -1.21. The van der Waals surface area contributed by atoms with Gasteiger partial charge in [-0.15, -0.1) is 0 Å². The lowest BCUT2D eigenvalue weighted by Crippen LogP contribution is -2.30. The standard InChI is InChI=1S/C15H18ClNO3/c1-10-8-17(9-13(10)15(19)20)14(18)7-4-11-2-5-12(16)6-3-11/h2-3,5-6,10,13H,4,7-9H2,1H3,(H,19,20)/t10-,13-/m1/s1. The largest absolute Gasteiger partial charge is 0.481 e. The highest BCUT2D eigenvalue weighted by molar-refractivity contribution is 6.30. The molecule has 2 atom stereocenters. The number of carboxylic acids is 1. The molecule has 108 valence electrons. The number of hydrogen-bond donors (Lipinski definition) is 1. The summed E-state index contributed by atoms with van der Waals surface area (Å²) in [4.78, 5) is 24.8. The molecule has 0 unspecified atom stereocenters. The molecule has 1 aromatic rings. The number of amides is 1. The Hall–Kier alpha value is -1.55. The van der Waals surface area contributed by atoms with Crippen LogP contribution in [0, 0.1) is 11.8 Å². The highest BCUT2D eigenvalue weighted by Gasteiger charge is 2.36. The highest BCUT2D eigenvalue weighted by Crippen LogP contribution is 2.24. The zero-order valence-electron chi connectivity index (χ0n) is 11.4. The smallest absolute Gasteiger partial charge is 0.308 e. The van der Waals surface area contributed by atoms with E-state index in [2.05, 4.69) is 0 Å². The number of carbonyl (C=O) groups excluding carboxylic acids is 1. The van der Waals surface area contributed by atoms with Gasteiger partial charge in [-0.3, -0.25) is 9.59 Å². The van der Waals surface area contributed by atoms with Gasteiger partial charge < -0.3 is 10.0 Å². The van der Waals surface area contributed by atoms with Crippen molar-refractivity contribution in [2.45, 2.75) is 19.8 Å². The maximum Gasteiger partial charge on any atom is 0.308 e. The molecule has 1 heterocycles. The molecular weight excluding hydrogens is 278 g/mol. The molecular formula is C15H18ClNO3. The summed E-state index contributed by atoms with van der Waals surface area (Å²) in [5.41, 5.74) is 1.06. The zero-order valence-corrected chi connectivity index (χ0v) is 12.1. The summed E-state index contributed by atoms with van der Waals surface area (Å²) in [6.07, 6.45) is 1.05. The van der Waals surface area contributed by atoms with Gasteiger partial charge in [0.15, 0.2) is 0 Å². The Kier molecular flexibility index (Phi) is 4.65. The average molecular weight is 296 g/mol. The van der Waals surface area contributed by atoms with Gasteiger partial charge >= 0.3 is 5.97 Å². The van der Waals surface area contributed by atoms with Gasteiger partial charge in [0.05, 0.1) is 5.92 Å². The minimum absolute atomic E-state index is 0.0204. The van der Waals surface area contributed by atoms with Crippen LogP contribution in [0.15, 0.2) is 24.3 Å². The summed E-state index contributed by atoms with van der Waals surface area (Å²) < 4.78 is 0. The van der Waals surface area contributed by atoms with Gasteiger partial charge in [0.25, 0.3) is 0 Å². The van der Waals surface area contributed by atoms with Crippen molar-refractivity contribution in [2.24, 2.45) is 11.8 Å². The van der Waals surface area contributed by atoms with Crippen LogP contribution in [0.4, 0.5) is 0 Å². The van der Waals surface area contributed by atoms with E-state index >= 15 is 0 Å². The number of nitrogens with zero attached hydrogens (tertiary/aromatic N) is 1. The lowest BCUT2D eigenvalue weighted by Gasteiger charge is -2.15. The normalized spacial score (nSPS) is 22.0. The topological polar surface area (TPSA) is 57.6 Å². The van der Waals surface area contributed by atoms with E-state index in [0.717, 1.165) is 5.56 Å². The molecule has 1 aliphatic heterocycles. The maximum absolute atomic E-state index is 12.1. The third-order valence-electron chi connectivity index (χ3n) is 3.82. The lowest BCUT2D eigenvalue weighted by molar-refractivity contribution is -0.142. The van der Waals surface area contributed by atoms with Crippen LogP contribution in [0.5, 0.6) is 0 Å². The Morgan fingerprint density at radius 3 is 2.50 bits per heavy atom. The Labute approximate surface area is 123 Å². The average Bonchev–Trinajstić information content (AvgIpc) is 2.80. The molecule has 1 amide bonds. The van der Waals surface area contributed by atoms with Crippen molar-refractivity contribution in [1.29, 1.82) is 0 Å². The monoisotopic (exact) mass is 295 g/mol. The summed E-state index contributed by atoms with van der Waals surface area (Å²) in [7, 11) is 0. The van der Waals surface area contributed by atoms with E-state index in [9.17, 15) is 9.59 Å². The summed E-state index contributed by atoms with van der Waals surface area (Å²) in [6, 6.07) is 7.42. The van der Waals surface area contributed by atoms with Crippen molar-refractivity contribution in [2.75, 3.05) is 13.1 Å². The number of halogens is 1. The fourth-order valence-electron chi connectivity index (χ4n) is 2.55. The molecule has 1 aliphatic rings. The van der Waals surface area contributed by atoms with E-state index < -0.39 is 11.9 Å². The molecule has 1 N–H and O–H groups in total. The lowest BCUT2D eigenvalue weighted by atomic mass is 9.99. The predicted molar refractivity (Wildman–Crippen MR) is 76.6 cm³/mol. The summed E-state index contributed by atoms with van der Waals surface area (Å²) >= 11 is 5.81. The van der Waals surface area contributed by atoms with Gasteiger partial charge in [0.1, 0.15) is 0 Å². The number of aryl methyl sites for hydroxylation is 1. The van der Waals surface area contributed by atoms with Crippen molar-refractivity contribution >= 4 is 23.5 Å². The second-order valence-corrected chi connectivity index (χ2v) is 5.78. The number of hydrogen-bond acceptors (Lipinski definition) is 2. The van der Waals surface area contributed by atoms with Crippen molar-refractivity contribution in [1.82, 2.24) is 4.90 Å². The first kappa shape index (κ1) is 14.9. The maximum atomic E-state index is 12.1. The van der Waals surface area contributed by atoms with E-state index in [1.807, 2.05) is 19.1 Å². The number of carboxylic acid groups (broad SMARTS) is 1.